The van der Waals surface area contributed by atoms with Crippen molar-refractivity contribution in [2.24, 2.45) is 11.3 Å². The molecule has 1 atom stereocenters. The molecule has 0 radical (unpaired) electrons. The number of aryl methyl sites for hydroxylation is 1. The molecule has 1 N–H and O–H groups in total. The number of unbranched alkanes of at least 4 members (excludes halogenated alkanes) is 3. The number of ether oxygens (including phenoxy) is 1. The zero-order valence-corrected chi connectivity index (χ0v) is 27.7. The molecule has 12 heteroatoms. The molecule has 2 aromatic carbocycles. The minimum Gasteiger partial charge on any atom is -0.554 e. The lowest BCUT2D eigenvalue weighted by Gasteiger charge is -2.40. The minimum absolute atomic E-state index is 0.0868. The molecule has 0 aliphatic carbocycles. The number of cyclic esters (lactones) is 1. The molecule has 0 spiro atoms. The monoisotopic (exact) mass is 650 g/mol. The Morgan fingerprint density at radius 2 is 1.57 bits per heavy atom. The molecule has 2 amide bonds. The van der Waals surface area contributed by atoms with Gasteiger partial charge in [-0.3, -0.25) is 19.3 Å². The average Bonchev–Trinajstić information content (AvgIpc) is 3.64. The molecule has 2 aliphatic rings. The normalized spacial score (nSPS) is 15.8. The Bertz CT molecular complexity index is 1490. The van der Waals surface area contributed by atoms with E-state index in [0.717, 1.165) is 59.8 Å². The van der Waals surface area contributed by atoms with E-state index in [1.54, 1.807) is 0 Å². The number of aromatic amines is 1. The second-order valence-corrected chi connectivity index (χ2v) is 13.6. The second kappa shape index (κ2) is 16.8. The number of nitrogens with one attached hydrogen (secondary N) is 1. The summed E-state index contributed by atoms with van der Waals surface area (Å²) >= 11 is 0. The number of aromatic nitrogens is 2. The molecule has 1 saturated heterocycles. The molecule has 5 rings (SSSR count). The smallest absolute Gasteiger partial charge is 0.306 e. The third kappa shape index (κ3) is 10.5. The Morgan fingerprint density at radius 1 is 0.979 bits per heavy atom. The largest absolute Gasteiger partial charge is 0.554 e. The molecule has 3 heterocycles. The van der Waals surface area contributed by atoms with Crippen LogP contribution in [0.15, 0.2) is 48.9 Å². The van der Waals surface area contributed by atoms with Crippen molar-refractivity contribution in [1.29, 1.82) is 0 Å². The van der Waals surface area contributed by atoms with Crippen molar-refractivity contribution in [2.45, 2.75) is 58.9 Å². The van der Waals surface area contributed by atoms with Crippen LogP contribution in [0.25, 0.3) is 10.8 Å². The first-order chi connectivity index (χ1) is 22.3. The van der Waals surface area contributed by atoms with Crippen LogP contribution in [-0.4, -0.2) is 85.4 Å². The molecule has 3 aromatic rings. The van der Waals surface area contributed by atoms with Crippen LogP contribution in [0.2, 0.25) is 0 Å². The van der Waals surface area contributed by atoms with Gasteiger partial charge in [0.1, 0.15) is 11.9 Å². The minimum atomic E-state index is -0.500. The lowest BCUT2D eigenvalue weighted by molar-refractivity contribution is -0.896. The van der Waals surface area contributed by atoms with Gasteiger partial charge in [0.25, 0.3) is 11.8 Å². The highest BCUT2D eigenvalue weighted by Gasteiger charge is 2.38. The van der Waals surface area contributed by atoms with Crippen LogP contribution in [0.1, 0.15) is 72.4 Å². The second-order valence-electron chi connectivity index (χ2n) is 13.6. The van der Waals surface area contributed by atoms with Crippen molar-refractivity contribution < 1.29 is 48.0 Å². The summed E-state index contributed by atoms with van der Waals surface area (Å²) in [7, 11) is 4.50. The van der Waals surface area contributed by atoms with Crippen LogP contribution >= 0.6 is 0 Å². The van der Waals surface area contributed by atoms with Crippen LogP contribution in [0.5, 0.6) is 0 Å². The number of esters is 1. The first kappa shape index (κ1) is 36.9. The van der Waals surface area contributed by atoms with E-state index in [1.807, 2.05) is 42.7 Å². The van der Waals surface area contributed by atoms with E-state index in [4.69, 9.17) is 24.5 Å². The molecule has 0 bridgehead atoms. The standard InChI is InChI=1S/C33H43N4O4.2CH2O2/c1-33(2,21-36-31(39)27-13-9-11-25-12-10-14-28(30(25)27)32(36)40)22-37(3,4)16-8-6-5-7-15-35-19-26(34-23-35)17-24-18-29(38)41-20-24;2*2-1-3/h9-14,19,23-24H,5-8,15-18,20-22H2,1-4H3;2*1H,(H,2,3)/q+1;;/p-1. The first-order valence-corrected chi connectivity index (χ1v) is 15.9. The quantitative estimate of drug-likeness (QED) is 0.0722. The van der Waals surface area contributed by atoms with Crippen molar-refractivity contribution in [2.75, 3.05) is 40.3 Å². The third-order valence-electron chi connectivity index (χ3n) is 8.41. The van der Waals surface area contributed by atoms with Crippen LogP contribution in [0, 0.1) is 11.3 Å². The number of nitrogens with zero attached hydrogens (tertiary/aromatic N) is 3. The van der Waals surface area contributed by atoms with Crippen LogP contribution in [0.4, 0.5) is 0 Å². The van der Waals surface area contributed by atoms with E-state index in [2.05, 4.69) is 43.7 Å². The molecular formula is C35H46N4O8. The van der Waals surface area contributed by atoms with Crippen molar-refractivity contribution in [3.05, 3.63) is 65.7 Å². The Hall–Kier alpha value is -4.58. The zero-order valence-electron chi connectivity index (χ0n) is 27.7. The number of quaternary nitrogens is 1. The maximum Gasteiger partial charge on any atom is 0.306 e. The van der Waals surface area contributed by atoms with Crippen LogP contribution in [0.3, 0.4) is 0 Å². The van der Waals surface area contributed by atoms with Crippen LogP contribution < -0.4 is 14.8 Å². The number of H-pyrrole nitrogens is 1. The Balaban J connectivity index is 0.000000930. The summed E-state index contributed by atoms with van der Waals surface area (Å²) in [5.41, 5.74) is 2.17. The van der Waals surface area contributed by atoms with Crippen molar-refractivity contribution in [1.82, 2.24) is 9.88 Å². The molecule has 1 unspecified atom stereocenters. The van der Waals surface area contributed by atoms with Gasteiger partial charge >= 0.3 is 5.97 Å². The lowest BCUT2D eigenvalue weighted by atomic mass is 9.88. The fraction of sp³-hybridized carbons (Fsp3) is 0.486. The number of hydrogen-bond donors (Lipinski definition) is 1. The van der Waals surface area contributed by atoms with E-state index in [9.17, 15) is 14.4 Å². The molecule has 1 fully saturated rings. The number of carbonyl (C=O) groups is 5. The molecule has 0 saturated carbocycles. The molecule has 1 aromatic heterocycles. The predicted octanol–water partition coefficient (Wildman–Crippen LogP) is 1.25. The Kier molecular flexibility index (Phi) is 13.2. The molecular weight excluding hydrogens is 604 g/mol. The first-order valence-electron chi connectivity index (χ1n) is 15.9. The highest BCUT2D eigenvalue weighted by Crippen LogP contribution is 2.32. The van der Waals surface area contributed by atoms with Crippen molar-refractivity contribution in [3.63, 3.8) is 0 Å². The van der Waals surface area contributed by atoms with E-state index >= 15 is 0 Å². The van der Waals surface area contributed by atoms with Gasteiger partial charge in [0.15, 0.2) is 0 Å². The number of rotatable bonds is 13. The van der Waals surface area contributed by atoms with Gasteiger partial charge in [0.05, 0.1) is 46.8 Å². The number of carbonyl (C=O) groups excluding carboxylic acids is 5. The topological polar surface area (TPSA) is 164 Å². The van der Waals surface area contributed by atoms with Crippen LogP contribution in [-0.2, 0) is 32.1 Å². The number of carboxylic acid groups (broad SMARTS) is 2. The summed E-state index contributed by atoms with van der Waals surface area (Å²) < 4.78 is 8.12. The van der Waals surface area contributed by atoms with Gasteiger partial charge in [0, 0.05) is 53.8 Å². The molecule has 254 valence electrons. The van der Waals surface area contributed by atoms with E-state index in [0.29, 0.717) is 30.7 Å². The van der Waals surface area contributed by atoms with Crippen molar-refractivity contribution in [3.8, 4) is 0 Å². The number of imide groups is 1. The van der Waals surface area contributed by atoms with Gasteiger partial charge in [-0.15, -0.1) is 0 Å². The fourth-order valence-electron chi connectivity index (χ4n) is 6.82. The highest BCUT2D eigenvalue weighted by atomic mass is 16.5. The predicted molar refractivity (Wildman–Crippen MR) is 169 cm³/mol. The van der Waals surface area contributed by atoms with Gasteiger partial charge in [-0.1, -0.05) is 38.1 Å². The molecule has 47 heavy (non-hydrogen) atoms. The maximum atomic E-state index is 13.4. The lowest BCUT2D eigenvalue weighted by Crippen LogP contribution is -2.52. The van der Waals surface area contributed by atoms with Gasteiger partial charge in [-0.25, -0.2) is 9.55 Å². The zero-order chi connectivity index (χ0) is 34.6. The SMILES string of the molecule is CC(C)(CN1C(=O)c2cccc3cccc(c23)C1=O)C[N+](C)(C)CCCCCC[n+]1c[nH]c(CC2COC(=O)C2)c1.O=C[O-].O=C[O-]. The van der Waals surface area contributed by atoms with E-state index in [-0.39, 0.29) is 29.1 Å². The average molecular weight is 651 g/mol. The summed E-state index contributed by atoms with van der Waals surface area (Å²) in [5.74, 6) is -0.176. The number of imidazole rings is 1. The Labute approximate surface area is 275 Å². The summed E-state index contributed by atoms with van der Waals surface area (Å²) in [6.07, 6.45) is 10.2. The highest BCUT2D eigenvalue weighted by molar-refractivity contribution is 6.25. The maximum absolute atomic E-state index is 13.4. The van der Waals surface area contributed by atoms with Gasteiger partial charge < -0.3 is 29.0 Å². The van der Waals surface area contributed by atoms with E-state index in [1.165, 1.54) is 17.7 Å². The molecule has 12 nitrogen and oxygen atoms in total. The van der Waals surface area contributed by atoms with Gasteiger partial charge in [-0.05, 0) is 43.2 Å². The van der Waals surface area contributed by atoms with Gasteiger partial charge in [0.2, 0.25) is 6.33 Å². The Morgan fingerprint density at radius 3 is 2.15 bits per heavy atom. The number of amides is 2. The summed E-state index contributed by atoms with van der Waals surface area (Å²) in [4.78, 5) is 59.4. The fourth-order valence-corrected chi connectivity index (χ4v) is 6.82. The van der Waals surface area contributed by atoms with E-state index < -0.39 is 12.9 Å². The summed E-state index contributed by atoms with van der Waals surface area (Å²) in [5, 5.41) is 18.2. The summed E-state index contributed by atoms with van der Waals surface area (Å²) in [6.45, 7) is 7.16. The molecule has 2 aliphatic heterocycles. The van der Waals surface area contributed by atoms with Gasteiger partial charge in [-0.2, -0.15) is 0 Å². The van der Waals surface area contributed by atoms with Crippen molar-refractivity contribution >= 4 is 41.5 Å². The number of hydrogen-bond acceptors (Lipinski definition) is 8. The number of benzene rings is 2. The third-order valence-corrected chi connectivity index (χ3v) is 8.41. The summed E-state index contributed by atoms with van der Waals surface area (Å²) in [6, 6.07) is 11.4.